The Hall–Kier alpha value is -2.14. The molecule has 0 saturated carbocycles. The minimum Gasteiger partial charge on any atom is -0.496 e. The zero-order valence-electron chi connectivity index (χ0n) is 11.7. The van der Waals surface area contributed by atoms with Crippen molar-refractivity contribution in [1.82, 2.24) is 5.32 Å². The highest BCUT2D eigenvalue weighted by Crippen LogP contribution is 2.37. The Balaban J connectivity index is 3.16. The summed E-state index contributed by atoms with van der Waals surface area (Å²) in [5, 5.41) is 11.2. The van der Waals surface area contributed by atoms with Crippen molar-refractivity contribution >= 4 is 0 Å². The van der Waals surface area contributed by atoms with Crippen molar-refractivity contribution in [2.75, 3.05) is 27.9 Å². The number of benzene rings is 1. The van der Waals surface area contributed by atoms with Crippen LogP contribution in [0.15, 0.2) is 12.1 Å². The van der Waals surface area contributed by atoms with Crippen LogP contribution in [0.25, 0.3) is 0 Å². The quantitative estimate of drug-likeness (QED) is 0.874. The van der Waals surface area contributed by atoms with Crippen molar-refractivity contribution in [2.24, 2.45) is 0 Å². The van der Waals surface area contributed by atoms with Gasteiger partial charge in [0.2, 0.25) is 0 Å². The summed E-state index contributed by atoms with van der Waals surface area (Å²) >= 11 is 0. The van der Waals surface area contributed by atoms with Crippen molar-refractivity contribution in [3.05, 3.63) is 17.7 Å². The monoisotopic (exact) mass is 304 g/mol. The number of ether oxygens (including phenoxy) is 3. The molecule has 1 unspecified atom stereocenters. The Labute approximate surface area is 120 Å². The molecule has 0 aromatic heterocycles. The fourth-order valence-corrected chi connectivity index (χ4v) is 1.72. The van der Waals surface area contributed by atoms with Gasteiger partial charge in [-0.05, 0) is 6.07 Å². The van der Waals surface area contributed by atoms with Gasteiger partial charge in [0, 0.05) is 11.6 Å². The first-order chi connectivity index (χ1) is 9.86. The zero-order valence-corrected chi connectivity index (χ0v) is 11.7. The molecule has 1 N–H and O–H groups in total. The van der Waals surface area contributed by atoms with Crippen LogP contribution < -0.4 is 19.5 Å². The van der Waals surface area contributed by atoms with Gasteiger partial charge in [-0.1, -0.05) is 0 Å². The van der Waals surface area contributed by atoms with E-state index in [1.54, 1.807) is 6.07 Å². The van der Waals surface area contributed by atoms with Crippen LogP contribution in [-0.4, -0.2) is 34.1 Å². The summed E-state index contributed by atoms with van der Waals surface area (Å²) in [4.78, 5) is 0. The Morgan fingerprint density at radius 1 is 1.10 bits per heavy atom. The summed E-state index contributed by atoms with van der Waals surface area (Å²) in [6.45, 7) is -1.29. The van der Waals surface area contributed by atoms with E-state index in [9.17, 15) is 13.2 Å². The second-order valence-electron chi connectivity index (χ2n) is 4.01. The summed E-state index contributed by atoms with van der Waals surface area (Å²) < 4.78 is 52.0. The van der Waals surface area contributed by atoms with Crippen LogP contribution in [0.5, 0.6) is 17.2 Å². The lowest BCUT2D eigenvalue weighted by Crippen LogP contribution is -2.31. The second kappa shape index (κ2) is 7.04. The van der Waals surface area contributed by atoms with E-state index >= 15 is 0 Å². The maximum Gasteiger partial charge on any atom is 0.401 e. The lowest BCUT2D eigenvalue weighted by Gasteiger charge is -2.18. The number of hydrogen-bond donors (Lipinski definition) is 1. The lowest BCUT2D eigenvalue weighted by molar-refractivity contribution is -0.125. The maximum absolute atomic E-state index is 12.3. The fourth-order valence-electron chi connectivity index (χ4n) is 1.72. The number of nitrogens with one attached hydrogen (secondary N) is 1. The summed E-state index contributed by atoms with van der Waals surface area (Å²) in [5.41, 5.74) is 0.238. The smallest absolute Gasteiger partial charge is 0.401 e. The number of methoxy groups -OCH3 is 3. The van der Waals surface area contributed by atoms with Crippen LogP contribution in [0, 0.1) is 11.3 Å². The summed E-state index contributed by atoms with van der Waals surface area (Å²) in [7, 11) is 4.15. The van der Waals surface area contributed by atoms with Gasteiger partial charge in [0.25, 0.3) is 0 Å². The van der Waals surface area contributed by atoms with E-state index in [0.717, 1.165) is 0 Å². The molecule has 0 radical (unpaired) electrons. The molecule has 21 heavy (non-hydrogen) atoms. The highest BCUT2D eigenvalue weighted by molar-refractivity contribution is 5.52. The minimum atomic E-state index is -4.42. The van der Waals surface area contributed by atoms with Gasteiger partial charge in [0.15, 0.2) is 11.5 Å². The van der Waals surface area contributed by atoms with E-state index in [2.05, 4.69) is 5.32 Å². The largest absolute Gasteiger partial charge is 0.496 e. The molecule has 0 amide bonds. The average molecular weight is 304 g/mol. The van der Waals surface area contributed by atoms with Gasteiger partial charge < -0.3 is 14.2 Å². The topological polar surface area (TPSA) is 63.5 Å². The molecule has 0 aliphatic carbocycles. The van der Waals surface area contributed by atoms with E-state index in [0.29, 0.717) is 11.5 Å². The third kappa shape index (κ3) is 4.43. The molecule has 0 fully saturated rings. The van der Waals surface area contributed by atoms with Crippen LogP contribution in [0.1, 0.15) is 11.6 Å². The molecule has 1 rings (SSSR count). The van der Waals surface area contributed by atoms with Gasteiger partial charge in [-0.2, -0.15) is 18.4 Å². The van der Waals surface area contributed by atoms with Crippen LogP contribution in [-0.2, 0) is 0 Å². The van der Waals surface area contributed by atoms with Crippen LogP contribution in [0.4, 0.5) is 13.2 Å². The molecule has 1 aromatic rings. The van der Waals surface area contributed by atoms with Gasteiger partial charge in [0.1, 0.15) is 11.8 Å². The van der Waals surface area contributed by atoms with Gasteiger partial charge >= 0.3 is 6.18 Å². The maximum atomic E-state index is 12.3. The predicted molar refractivity (Wildman–Crippen MR) is 68.5 cm³/mol. The molecule has 0 heterocycles. The normalized spacial score (nSPS) is 12.4. The van der Waals surface area contributed by atoms with Crippen molar-refractivity contribution in [3.8, 4) is 23.3 Å². The second-order valence-corrected chi connectivity index (χ2v) is 4.01. The third-order valence-electron chi connectivity index (χ3n) is 2.68. The number of nitriles is 1. The Bertz CT molecular complexity index is 527. The van der Waals surface area contributed by atoms with E-state index < -0.39 is 18.8 Å². The standard InChI is InChI=1S/C13H15F3N2O3/c1-19-10-5-12(21-3)11(20-2)4-8(10)9(6-17)18-7-13(14,15)16/h4-5,9,18H,7H2,1-3H3. The Kier molecular flexibility index (Phi) is 5.67. The van der Waals surface area contributed by atoms with Crippen molar-refractivity contribution < 1.29 is 27.4 Å². The lowest BCUT2D eigenvalue weighted by atomic mass is 10.1. The van der Waals surface area contributed by atoms with Crippen LogP contribution in [0.3, 0.4) is 0 Å². The van der Waals surface area contributed by atoms with E-state index in [-0.39, 0.29) is 11.3 Å². The number of halogens is 3. The highest BCUT2D eigenvalue weighted by Gasteiger charge is 2.29. The highest BCUT2D eigenvalue weighted by atomic mass is 19.4. The molecule has 1 atom stereocenters. The van der Waals surface area contributed by atoms with Crippen LogP contribution in [0.2, 0.25) is 0 Å². The van der Waals surface area contributed by atoms with Gasteiger partial charge in [-0.15, -0.1) is 0 Å². The molecule has 116 valence electrons. The van der Waals surface area contributed by atoms with Crippen molar-refractivity contribution in [2.45, 2.75) is 12.2 Å². The number of rotatable bonds is 6. The molecule has 0 aliphatic heterocycles. The molecule has 8 heteroatoms. The molecule has 5 nitrogen and oxygen atoms in total. The molecule has 0 spiro atoms. The molecule has 0 saturated heterocycles. The van der Waals surface area contributed by atoms with Crippen molar-refractivity contribution in [3.63, 3.8) is 0 Å². The minimum absolute atomic E-state index is 0.230. The first kappa shape index (κ1) is 16.9. The Morgan fingerprint density at radius 3 is 2.05 bits per heavy atom. The van der Waals surface area contributed by atoms with E-state index in [1.807, 2.05) is 0 Å². The van der Waals surface area contributed by atoms with E-state index in [4.69, 9.17) is 19.5 Å². The van der Waals surface area contributed by atoms with Gasteiger partial charge in [-0.25, -0.2) is 0 Å². The molecule has 0 aliphatic rings. The SMILES string of the molecule is COc1cc(OC)c(C(C#N)NCC(F)(F)F)cc1OC. The van der Waals surface area contributed by atoms with Gasteiger partial charge in [-0.3, -0.25) is 5.32 Å². The predicted octanol–water partition coefficient (Wildman–Crippen LogP) is 2.43. The first-order valence-electron chi connectivity index (χ1n) is 5.86. The summed E-state index contributed by atoms with van der Waals surface area (Å²) in [6, 6.07) is 3.44. The fraction of sp³-hybridized carbons (Fsp3) is 0.462. The summed E-state index contributed by atoms with van der Waals surface area (Å²) in [6.07, 6.45) is -4.42. The van der Waals surface area contributed by atoms with Crippen molar-refractivity contribution in [1.29, 1.82) is 5.26 Å². The molecular weight excluding hydrogens is 289 g/mol. The van der Waals surface area contributed by atoms with Crippen LogP contribution >= 0.6 is 0 Å². The first-order valence-corrected chi connectivity index (χ1v) is 5.86. The third-order valence-corrected chi connectivity index (χ3v) is 2.68. The van der Waals surface area contributed by atoms with E-state index in [1.165, 1.54) is 33.5 Å². The number of nitrogens with zero attached hydrogens (tertiary/aromatic N) is 1. The molecule has 0 bridgehead atoms. The number of alkyl halides is 3. The molecular formula is C13H15F3N2O3. The summed E-state index contributed by atoms with van der Waals surface area (Å²) in [5.74, 6) is 0.877. The van der Waals surface area contributed by atoms with Gasteiger partial charge in [0.05, 0.1) is 33.9 Å². The zero-order chi connectivity index (χ0) is 16.0. The average Bonchev–Trinajstić information content (AvgIpc) is 2.45. The Morgan fingerprint density at radius 2 is 1.62 bits per heavy atom. The molecule has 1 aromatic carbocycles. The number of hydrogen-bond acceptors (Lipinski definition) is 5.